The second-order valence-electron chi connectivity index (χ2n) is 7.90. The molecule has 0 unspecified atom stereocenters. The van der Waals surface area contributed by atoms with E-state index in [-0.39, 0.29) is 0 Å². The van der Waals surface area contributed by atoms with Crippen LogP contribution in [0.25, 0.3) is 54.2 Å². The smallest absolute Gasteiger partial charge is 0.336 e. The molecular weight excluding hydrogens is 380 g/mol. The van der Waals surface area contributed by atoms with Gasteiger partial charge in [-0.1, -0.05) is 84.9 Å². The lowest BCUT2D eigenvalue weighted by Gasteiger charge is -2.14. The molecule has 0 saturated carbocycles. The van der Waals surface area contributed by atoms with Crippen molar-refractivity contribution in [2.24, 2.45) is 0 Å². The van der Waals surface area contributed by atoms with Crippen LogP contribution in [0.4, 0.5) is 0 Å². The molecule has 1 N–H and O–H groups in total. The summed E-state index contributed by atoms with van der Waals surface area (Å²) in [7, 11) is 0. The van der Waals surface area contributed by atoms with Gasteiger partial charge in [0.15, 0.2) is 0 Å². The Bertz CT molecular complexity index is 1610. The Hall–Kier alpha value is -4.17. The maximum Gasteiger partial charge on any atom is 0.336 e. The SMILES string of the molecule is O=C(O)c1cc2ccccc2c2cc(-c3c4ccccc4cc4ccccc34)ccc12. The van der Waals surface area contributed by atoms with Crippen molar-refractivity contribution < 1.29 is 9.90 Å². The van der Waals surface area contributed by atoms with Gasteiger partial charge in [0.2, 0.25) is 0 Å². The number of carboxylic acid groups (broad SMARTS) is 1. The van der Waals surface area contributed by atoms with Crippen LogP contribution in [-0.4, -0.2) is 11.1 Å². The average Bonchev–Trinajstić information content (AvgIpc) is 2.81. The highest BCUT2D eigenvalue weighted by atomic mass is 16.4. The van der Waals surface area contributed by atoms with E-state index in [0.29, 0.717) is 5.56 Å². The second-order valence-corrected chi connectivity index (χ2v) is 7.90. The molecular formula is C29H18O2. The minimum Gasteiger partial charge on any atom is -0.478 e. The highest BCUT2D eigenvalue weighted by molar-refractivity contribution is 6.18. The predicted molar refractivity (Wildman–Crippen MR) is 129 cm³/mol. The fourth-order valence-electron chi connectivity index (χ4n) is 4.76. The summed E-state index contributed by atoms with van der Waals surface area (Å²) in [6.07, 6.45) is 0. The summed E-state index contributed by atoms with van der Waals surface area (Å²) in [4.78, 5) is 12.0. The van der Waals surface area contributed by atoms with Crippen LogP contribution in [0.1, 0.15) is 10.4 Å². The summed E-state index contributed by atoms with van der Waals surface area (Å²) in [5.74, 6) is -0.904. The third-order valence-electron chi connectivity index (χ3n) is 6.15. The molecule has 0 aromatic heterocycles. The molecule has 0 aliphatic carbocycles. The van der Waals surface area contributed by atoms with Crippen molar-refractivity contribution >= 4 is 49.1 Å². The van der Waals surface area contributed by atoms with Crippen LogP contribution in [0.2, 0.25) is 0 Å². The van der Waals surface area contributed by atoms with E-state index in [2.05, 4.69) is 72.8 Å². The number of benzene rings is 6. The van der Waals surface area contributed by atoms with Gasteiger partial charge in [-0.15, -0.1) is 0 Å². The molecule has 0 heterocycles. The molecule has 6 aromatic carbocycles. The first-order valence-corrected chi connectivity index (χ1v) is 10.3. The summed E-state index contributed by atoms with van der Waals surface area (Å²) in [6, 6.07) is 35.0. The van der Waals surface area contributed by atoms with Crippen LogP contribution in [0.5, 0.6) is 0 Å². The minimum absolute atomic E-state index is 0.336. The number of rotatable bonds is 2. The lowest BCUT2D eigenvalue weighted by Crippen LogP contribution is -1.98. The van der Waals surface area contributed by atoms with Gasteiger partial charge >= 0.3 is 5.97 Å². The van der Waals surface area contributed by atoms with Gasteiger partial charge in [0.25, 0.3) is 0 Å². The first-order valence-electron chi connectivity index (χ1n) is 10.3. The Labute approximate surface area is 179 Å². The molecule has 0 aliphatic rings. The first kappa shape index (κ1) is 17.7. The largest absolute Gasteiger partial charge is 0.478 e. The summed E-state index contributed by atoms with van der Waals surface area (Å²) < 4.78 is 0. The van der Waals surface area contributed by atoms with E-state index in [1.165, 1.54) is 27.1 Å². The topological polar surface area (TPSA) is 37.3 Å². The quantitative estimate of drug-likeness (QED) is 0.240. The molecule has 0 amide bonds. The molecule has 0 spiro atoms. The van der Waals surface area contributed by atoms with Crippen molar-refractivity contribution in [3.8, 4) is 11.1 Å². The second kappa shape index (κ2) is 6.68. The molecule has 0 radical (unpaired) electrons. The third-order valence-corrected chi connectivity index (χ3v) is 6.15. The molecule has 6 rings (SSSR count). The van der Waals surface area contributed by atoms with Crippen LogP contribution in [0.15, 0.2) is 103 Å². The zero-order chi connectivity index (χ0) is 20.9. The van der Waals surface area contributed by atoms with Crippen molar-refractivity contribution in [2.45, 2.75) is 0 Å². The van der Waals surface area contributed by atoms with Gasteiger partial charge in [-0.3, -0.25) is 0 Å². The lowest BCUT2D eigenvalue weighted by atomic mass is 9.89. The van der Waals surface area contributed by atoms with Crippen LogP contribution < -0.4 is 0 Å². The van der Waals surface area contributed by atoms with Crippen molar-refractivity contribution in [3.05, 3.63) is 109 Å². The van der Waals surface area contributed by atoms with E-state index in [1.54, 1.807) is 6.07 Å². The molecule has 2 nitrogen and oxygen atoms in total. The van der Waals surface area contributed by atoms with E-state index >= 15 is 0 Å². The number of aromatic carboxylic acids is 1. The van der Waals surface area contributed by atoms with Crippen molar-refractivity contribution in [1.82, 2.24) is 0 Å². The zero-order valence-corrected chi connectivity index (χ0v) is 16.7. The van der Waals surface area contributed by atoms with Crippen LogP contribution >= 0.6 is 0 Å². The van der Waals surface area contributed by atoms with E-state index in [9.17, 15) is 9.90 Å². The van der Waals surface area contributed by atoms with Gasteiger partial charge in [0.05, 0.1) is 5.56 Å². The monoisotopic (exact) mass is 398 g/mol. The molecule has 0 atom stereocenters. The van der Waals surface area contributed by atoms with E-state index in [1.807, 2.05) is 24.3 Å². The molecule has 0 bridgehead atoms. The molecule has 0 aliphatic heterocycles. The maximum absolute atomic E-state index is 12.0. The standard InChI is InChI=1S/C29H18O2/c30-29(31)27-16-20-9-1-4-10-22(20)26-17-21(13-14-25(26)27)28-23-11-5-2-7-18(23)15-19-8-3-6-12-24(19)28/h1-17H,(H,30,31). The molecule has 6 aromatic rings. The minimum atomic E-state index is -0.904. The molecule has 31 heavy (non-hydrogen) atoms. The number of carbonyl (C=O) groups is 1. The Morgan fingerprint density at radius 2 is 1.06 bits per heavy atom. The van der Waals surface area contributed by atoms with Gasteiger partial charge in [-0.25, -0.2) is 4.79 Å². The molecule has 0 fully saturated rings. The normalized spacial score (nSPS) is 11.5. The summed E-state index contributed by atoms with van der Waals surface area (Å²) >= 11 is 0. The number of hydrogen-bond acceptors (Lipinski definition) is 1. The lowest BCUT2D eigenvalue weighted by molar-refractivity contribution is 0.0699. The van der Waals surface area contributed by atoms with Crippen LogP contribution in [-0.2, 0) is 0 Å². The van der Waals surface area contributed by atoms with E-state index in [4.69, 9.17) is 0 Å². The highest BCUT2D eigenvalue weighted by Gasteiger charge is 2.15. The third kappa shape index (κ3) is 2.69. The van der Waals surface area contributed by atoms with E-state index < -0.39 is 5.97 Å². The Morgan fingerprint density at radius 3 is 1.68 bits per heavy atom. The van der Waals surface area contributed by atoms with Gasteiger partial charge in [0, 0.05) is 0 Å². The van der Waals surface area contributed by atoms with Crippen molar-refractivity contribution in [1.29, 1.82) is 0 Å². The predicted octanol–water partition coefficient (Wildman–Crippen LogP) is 7.66. The number of carboxylic acids is 1. The van der Waals surface area contributed by atoms with Gasteiger partial charge in [0.1, 0.15) is 0 Å². The number of hydrogen-bond donors (Lipinski definition) is 1. The van der Waals surface area contributed by atoms with Crippen LogP contribution in [0, 0.1) is 0 Å². The van der Waals surface area contributed by atoms with Crippen LogP contribution in [0.3, 0.4) is 0 Å². The van der Waals surface area contributed by atoms with Gasteiger partial charge < -0.3 is 5.11 Å². The fraction of sp³-hybridized carbons (Fsp3) is 0. The maximum atomic E-state index is 12.0. The Kier molecular flexibility index (Phi) is 3.81. The average molecular weight is 398 g/mol. The van der Waals surface area contributed by atoms with Crippen molar-refractivity contribution in [3.63, 3.8) is 0 Å². The molecule has 2 heteroatoms. The van der Waals surface area contributed by atoms with E-state index in [0.717, 1.165) is 27.1 Å². The highest BCUT2D eigenvalue weighted by Crippen LogP contribution is 2.39. The Morgan fingerprint density at radius 1 is 0.516 bits per heavy atom. The summed E-state index contributed by atoms with van der Waals surface area (Å²) in [5.41, 5.74) is 2.61. The van der Waals surface area contributed by atoms with Gasteiger partial charge in [-0.05, 0) is 72.4 Å². The molecule has 0 saturated heterocycles. The van der Waals surface area contributed by atoms with Crippen molar-refractivity contribution in [2.75, 3.05) is 0 Å². The molecule has 146 valence electrons. The zero-order valence-electron chi connectivity index (χ0n) is 16.7. The first-order chi connectivity index (χ1) is 15.2. The Balaban J connectivity index is 1.78. The van der Waals surface area contributed by atoms with Gasteiger partial charge in [-0.2, -0.15) is 0 Å². The summed E-state index contributed by atoms with van der Waals surface area (Å²) in [5, 5.41) is 18.3. The fourth-order valence-corrected chi connectivity index (χ4v) is 4.76. The summed E-state index contributed by atoms with van der Waals surface area (Å²) in [6.45, 7) is 0. The number of fused-ring (bicyclic) bond motifs is 5.